The second kappa shape index (κ2) is 7.44. The number of halogens is 2. The summed E-state index contributed by atoms with van der Waals surface area (Å²) in [6.45, 7) is 5.31. The number of nitrogens with one attached hydrogen (secondary N) is 1. The Kier molecular flexibility index (Phi) is 5.30. The summed E-state index contributed by atoms with van der Waals surface area (Å²) in [5, 5.41) is 6.92. The molecule has 3 rings (SSSR count). The number of hydrogen-bond donors (Lipinski definition) is 1. The molecule has 1 N–H and O–H groups in total. The van der Waals surface area contributed by atoms with Crippen LogP contribution in [0.1, 0.15) is 28.2 Å². The van der Waals surface area contributed by atoms with Crippen LogP contribution in [0.2, 0.25) is 0 Å². The van der Waals surface area contributed by atoms with Gasteiger partial charge in [0.2, 0.25) is 0 Å². The molecule has 1 amide bonds. The van der Waals surface area contributed by atoms with Gasteiger partial charge in [-0.15, -0.1) is 0 Å². The Hall–Kier alpha value is -1.73. The van der Waals surface area contributed by atoms with E-state index in [1.54, 1.807) is 6.07 Å². The van der Waals surface area contributed by atoms with Crippen molar-refractivity contribution >= 4 is 21.8 Å². The summed E-state index contributed by atoms with van der Waals surface area (Å²) in [5.41, 5.74) is 1.97. The Balaban J connectivity index is 1.64. The number of carbonyl (C=O) groups is 1. The minimum absolute atomic E-state index is 0.0704. The van der Waals surface area contributed by atoms with Crippen molar-refractivity contribution in [3.63, 3.8) is 0 Å². The third-order valence-corrected chi connectivity index (χ3v) is 5.27. The van der Waals surface area contributed by atoms with E-state index in [1.165, 1.54) is 6.07 Å². The molecule has 1 saturated heterocycles. The van der Waals surface area contributed by atoms with Crippen LogP contribution in [0.3, 0.4) is 0 Å². The van der Waals surface area contributed by atoms with Crippen molar-refractivity contribution < 1.29 is 9.18 Å². The van der Waals surface area contributed by atoms with Gasteiger partial charge in [0, 0.05) is 44.0 Å². The molecule has 0 atom stereocenters. The first-order chi connectivity index (χ1) is 11.6. The van der Waals surface area contributed by atoms with E-state index in [-0.39, 0.29) is 11.7 Å². The number of H-pyrrole nitrogens is 1. The molecule has 7 heteroatoms. The van der Waals surface area contributed by atoms with Gasteiger partial charge in [0.1, 0.15) is 5.82 Å². The summed E-state index contributed by atoms with van der Waals surface area (Å²) in [6, 6.07) is 6.85. The number of aryl methyl sites for hydroxylation is 1. The van der Waals surface area contributed by atoms with Gasteiger partial charge in [-0.3, -0.25) is 14.8 Å². The quantitative estimate of drug-likeness (QED) is 0.870. The Morgan fingerprint density at radius 2 is 2.08 bits per heavy atom. The van der Waals surface area contributed by atoms with Crippen molar-refractivity contribution in [1.29, 1.82) is 0 Å². The van der Waals surface area contributed by atoms with Crippen LogP contribution in [0.25, 0.3) is 0 Å². The van der Waals surface area contributed by atoms with Crippen LogP contribution in [-0.2, 0) is 6.54 Å². The van der Waals surface area contributed by atoms with Gasteiger partial charge >= 0.3 is 0 Å². The fraction of sp³-hybridized carbons (Fsp3) is 0.412. The van der Waals surface area contributed by atoms with Crippen molar-refractivity contribution in [2.45, 2.75) is 19.9 Å². The molecular weight excluding hydrogens is 375 g/mol. The number of aromatic nitrogens is 2. The van der Waals surface area contributed by atoms with Gasteiger partial charge in [0.15, 0.2) is 5.69 Å². The molecule has 0 bridgehead atoms. The van der Waals surface area contributed by atoms with E-state index in [0.717, 1.165) is 29.7 Å². The molecule has 0 unspecified atom stereocenters. The van der Waals surface area contributed by atoms with Gasteiger partial charge in [-0.05, 0) is 35.3 Å². The van der Waals surface area contributed by atoms with E-state index in [2.05, 4.69) is 31.0 Å². The van der Waals surface area contributed by atoms with E-state index in [1.807, 2.05) is 24.0 Å². The third-order valence-electron chi connectivity index (χ3n) is 4.30. The average Bonchev–Trinajstić information content (AvgIpc) is 2.77. The van der Waals surface area contributed by atoms with Gasteiger partial charge in [0.05, 0.1) is 4.47 Å². The van der Waals surface area contributed by atoms with E-state index in [9.17, 15) is 9.18 Å². The summed E-state index contributed by atoms with van der Waals surface area (Å²) in [7, 11) is 0. The van der Waals surface area contributed by atoms with Crippen molar-refractivity contribution in [3.05, 3.63) is 51.5 Å². The number of carbonyl (C=O) groups excluding carboxylic acids is 1. The van der Waals surface area contributed by atoms with Crippen molar-refractivity contribution in [3.8, 4) is 0 Å². The molecule has 0 radical (unpaired) electrons. The molecule has 0 spiro atoms. The number of rotatable bonds is 3. The van der Waals surface area contributed by atoms with Crippen molar-refractivity contribution in [2.75, 3.05) is 26.2 Å². The minimum atomic E-state index is -0.175. The first-order valence-electron chi connectivity index (χ1n) is 8.01. The van der Waals surface area contributed by atoms with Gasteiger partial charge in [-0.1, -0.05) is 18.2 Å². The molecule has 1 aliphatic heterocycles. The van der Waals surface area contributed by atoms with E-state index in [0.29, 0.717) is 30.9 Å². The standard InChI is InChI=1S/C17H20BrFN4O/c1-12-15(18)16(21-20-12)17(24)23-8-4-7-22(9-10-23)11-13-5-2-3-6-14(13)19/h2-3,5-6H,4,7-11H2,1H3,(H,20,21). The molecule has 1 fully saturated rings. The van der Waals surface area contributed by atoms with E-state index >= 15 is 0 Å². The summed E-state index contributed by atoms with van der Waals surface area (Å²) in [6.07, 6.45) is 0.862. The Morgan fingerprint density at radius 1 is 1.29 bits per heavy atom. The van der Waals surface area contributed by atoms with Gasteiger partial charge in [-0.25, -0.2) is 4.39 Å². The van der Waals surface area contributed by atoms with Crippen LogP contribution in [0.4, 0.5) is 4.39 Å². The first-order valence-corrected chi connectivity index (χ1v) is 8.81. The number of hydrogen-bond acceptors (Lipinski definition) is 3. The van der Waals surface area contributed by atoms with Crippen LogP contribution in [0.5, 0.6) is 0 Å². The Bertz CT molecular complexity index is 733. The Labute approximate surface area is 149 Å². The highest BCUT2D eigenvalue weighted by molar-refractivity contribution is 9.10. The molecular formula is C17H20BrFN4O. The number of amides is 1. The zero-order chi connectivity index (χ0) is 17.1. The smallest absolute Gasteiger partial charge is 0.275 e. The highest BCUT2D eigenvalue weighted by Gasteiger charge is 2.24. The minimum Gasteiger partial charge on any atom is -0.336 e. The highest BCUT2D eigenvalue weighted by atomic mass is 79.9. The van der Waals surface area contributed by atoms with Crippen LogP contribution in [0.15, 0.2) is 28.7 Å². The summed E-state index contributed by atoms with van der Waals surface area (Å²) >= 11 is 3.41. The predicted molar refractivity (Wildman–Crippen MR) is 93.2 cm³/mol. The SMILES string of the molecule is Cc1[nH]nc(C(=O)N2CCCN(Cc3ccccc3F)CC2)c1Br. The first kappa shape index (κ1) is 17.1. The molecule has 2 heterocycles. The number of benzene rings is 1. The van der Waals surface area contributed by atoms with E-state index in [4.69, 9.17) is 0 Å². The van der Waals surface area contributed by atoms with Gasteiger partial charge < -0.3 is 4.90 Å². The van der Waals surface area contributed by atoms with Crippen molar-refractivity contribution in [1.82, 2.24) is 20.0 Å². The monoisotopic (exact) mass is 394 g/mol. The van der Waals surface area contributed by atoms with Gasteiger partial charge in [0.25, 0.3) is 5.91 Å². The third kappa shape index (κ3) is 3.67. The Morgan fingerprint density at radius 3 is 2.79 bits per heavy atom. The second-order valence-electron chi connectivity index (χ2n) is 6.02. The normalized spacial score (nSPS) is 16.2. The molecule has 2 aromatic rings. The molecule has 128 valence electrons. The molecule has 1 aromatic heterocycles. The molecule has 24 heavy (non-hydrogen) atoms. The summed E-state index contributed by atoms with van der Waals surface area (Å²) in [5.74, 6) is -0.246. The zero-order valence-corrected chi connectivity index (χ0v) is 15.1. The fourth-order valence-corrected chi connectivity index (χ4v) is 3.25. The van der Waals surface area contributed by atoms with Crippen LogP contribution < -0.4 is 0 Å². The molecule has 1 aromatic carbocycles. The fourth-order valence-electron chi connectivity index (χ4n) is 2.91. The average molecular weight is 395 g/mol. The molecule has 1 aliphatic rings. The zero-order valence-electron chi connectivity index (χ0n) is 13.6. The summed E-state index contributed by atoms with van der Waals surface area (Å²) in [4.78, 5) is 16.7. The maximum absolute atomic E-state index is 13.8. The molecule has 0 aliphatic carbocycles. The van der Waals surface area contributed by atoms with Crippen LogP contribution in [0, 0.1) is 12.7 Å². The maximum atomic E-state index is 13.8. The lowest BCUT2D eigenvalue weighted by Gasteiger charge is -2.21. The topological polar surface area (TPSA) is 52.2 Å². The molecule has 0 saturated carbocycles. The number of nitrogens with zero attached hydrogens (tertiary/aromatic N) is 3. The lowest BCUT2D eigenvalue weighted by atomic mass is 10.2. The number of aromatic amines is 1. The maximum Gasteiger partial charge on any atom is 0.275 e. The van der Waals surface area contributed by atoms with Crippen LogP contribution >= 0.6 is 15.9 Å². The molecule has 5 nitrogen and oxygen atoms in total. The second-order valence-corrected chi connectivity index (χ2v) is 6.82. The van der Waals surface area contributed by atoms with Crippen molar-refractivity contribution in [2.24, 2.45) is 0 Å². The predicted octanol–water partition coefficient (Wildman–Crippen LogP) is 2.97. The lowest BCUT2D eigenvalue weighted by molar-refractivity contribution is 0.0754. The lowest BCUT2D eigenvalue weighted by Crippen LogP contribution is -2.35. The largest absolute Gasteiger partial charge is 0.336 e. The van der Waals surface area contributed by atoms with Gasteiger partial charge in [-0.2, -0.15) is 5.10 Å². The summed E-state index contributed by atoms with van der Waals surface area (Å²) < 4.78 is 14.5. The van der Waals surface area contributed by atoms with Crippen LogP contribution in [-0.4, -0.2) is 52.1 Å². The van der Waals surface area contributed by atoms with E-state index < -0.39 is 0 Å². The highest BCUT2D eigenvalue weighted by Crippen LogP contribution is 2.20.